The van der Waals surface area contributed by atoms with Crippen LogP contribution in [0, 0.1) is 10.8 Å². The molecule has 3 heteroatoms. The molecule has 94 valence electrons. The maximum absolute atomic E-state index is 12.0. The van der Waals surface area contributed by atoms with E-state index in [0.717, 1.165) is 19.5 Å². The van der Waals surface area contributed by atoms with Crippen LogP contribution in [0.2, 0.25) is 0 Å². The van der Waals surface area contributed by atoms with Gasteiger partial charge in [-0.25, -0.2) is 0 Å². The number of carbonyl (C=O) groups is 1. The van der Waals surface area contributed by atoms with Crippen LogP contribution in [0.4, 0.5) is 0 Å². The van der Waals surface area contributed by atoms with Crippen molar-refractivity contribution in [3.8, 4) is 0 Å². The monoisotopic (exact) mass is 226 g/mol. The highest BCUT2D eigenvalue weighted by atomic mass is 16.2. The Bertz CT molecular complexity index is 266. The van der Waals surface area contributed by atoms with E-state index in [1.807, 2.05) is 4.90 Å². The molecule has 0 aromatic carbocycles. The number of likely N-dealkylation sites (tertiary alicyclic amines) is 1. The van der Waals surface area contributed by atoms with Crippen molar-refractivity contribution in [3.05, 3.63) is 0 Å². The van der Waals surface area contributed by atoms with Crippen LogP contribution in [0.15, 0.2) is 0 Å². The fourth-order valence-corrected chi connectivity index (χ4v) is 1.95. The predicted molar refractivity (Wildman–Crippen MR) is 67.0 cm³/mol. The lowest BCUT2D eigenvalue weighted by atomic mass is 9.85. The van der Waals surface area contributed by atoms with Crippen LogP contribution in [0.5, 0.6) is 0 Å². The van der Waals surface area contributed by atoms with E-state index in [4.69, 9.17) is 5.73 Å². The van der Waals surface area contributed by atoms with Crippen LogP contribution in [-0.2, 0) is 4.79 Å². The summed E-state index contributed by atoms with van der Waals surface area (Å²) in [6.45, 7) is 12.4. The second-order valence-electron chi connectivity index (χ2n) is 6.91. The van der Waals surface area contributed by atoms with Gasteiger partial charge in [-0.15, -0.1) is 0 Å². The third-order valence-corrected chi connectivity index (χ3v) is 3.54. The Labute approximate surface area is 99.4 Å². The van der Waals surface area contributed by atoms with Crippen molar-refractivity contribution in [1.82, 2.24) is 4.90 Å². The first-order valence-electron chi connectivity index (χ1n) is 6.15. The van der Waals surface area contributed by atoms with E-state index in [-0.39, 0.29) is 22.8 Å². The number of carbonyl (C=O) groups excluding carboxylic acids is 1. The van der Waals surface area contributed by atoms with E-state index in [1.54, 1.807) is 0 Å². The fourth-order valence-electron chi connectivity index (χ4n) is 1.95. The van der Waals surface area contributed by atoms with Crippen LogP contribution < -0.4 is 5.73 Å². The van der Waals surface area contributed by atoms with E-state index in [9.17, 15) is 4.79 Å². The molecule has 3 nitrogen and oxygen atoms in total. The van der Waals surface area contributed by atoms with Crippen LogP contribution in [0.3, 0.4) is 0 Å². The zero-order valence-electron chi connectivity index (χ0n) is 11.3. The summed E-state index contributed by atoms with van der Waals surface area (Å²) >= 11 is 0. The predicted octanol–water partition coefficient (Wildman–Crippen LogP) is 2.01. The number of amides is 1. The molecule has 1 unspecified atom stereocenters. The Morgan fingerprint density at radius 1 is 1.44 bits per heavy atom. The van der Waals surface area contributed by atoms with Crippen molar-refractivity contribution >= 4 is 5.91 Å². The molecule has 1 atom stereocenters. The first-order valence-corrected chi connectivity index (χ1v) is 6.15. The zero-order chi connectivity index (χ0) is 12.6. The largest absolute Gasteiger partial charge is 0.342 e. The molecular formula is C13H26N2O. The molecule has 1 rings (SSSR count). The second-order valence-corrected chi connectivity index (χ2v) is 6.91. The molecule has 2 N–H and O–H groups in total. The van der Waals surface area contributed by atoms with Crippen molar-refractivity contribution < 1.29 is 4.79 Å². The fraction of sp³-hybridized carbons (Fsp3) is 0.923. The van der Waals surface area contributed by atoms with Crippen molar-refractivity contribution in [2.75, 3.05) is 13.1 Å². The van der Waals surface area contributed by atoms with Gasteiger partial charge in [0.1, 0.15) is 0 Å². The highest BCUT2D eigenvalue weighted by Gasteiger charge is 2.33. The summed E-state index contributed by atoms with van der Waals surface area (Å²) in [6, 6.07) is -0.0521. The molecule has 1 aliphatic heterocycles. The van der Waals surface area contributed by atoms with Gasteiger partial charge in [-0.3, -0.25) is 4.79 Å². The van der Waals surface area contributed by atoms with Gasteiger partial charge in [-0.05, 0) is 17.3 Å². The average Bonchev–Trinajstić information content (AvgIpc) is 2.44. The Hall–Kier alpha value is -0.570. The number of hydrogen-bond acceptors (Lipinski definition) is 2. The molecule has 0 aromatic rings. The van der Waals surface area contributed by atoms with Crippen LogP contribution in [-0.4, -0.2) is 29.9 Å². The van der Waals surface area contributed by atoms with Crippen LogP contribution in [0.25, 0.3) is 0 Å². The molecule has 0 bridgehead atoms. The molecule has 1 amide bonds. The molecule has 0 aliphatic carbocycles. The van der Waals surface area contributed by atoms with Crippen LogP contribution in [0.1, 0.15) is 47.5 Å². The third-order valence-electron chi connectivity index (χ3n) is 3.54. The lowest BCUT2D eigenvalue weighted by molar-refractivity contribution is -0.131. The van der Waals surface area contributed by atoms with Gasteiger partial charge >= 0.3 is 0 Å². The molecule has 16 heavy (non-hydrogen) atoms. The van der Waals surface area contributed by atoms with E-state index in [2.05, 4.69) is 34.6 Å². The zero-order valence-corrected chi connectivity index (χ0v) is 11.3. The van der Waals surface area contributed by atoms with Gasteiger partial charge in [-0.2, -0.15) is 0 Å². The molecule has 1 aliphatic rings. The lowest BCUT2D eigenvalue weighted by Crippen LogP contribution is -2.41. The summed E-state index contributed by atoms with van der Waals surface area (Å²) in [6.07, 6.45) is 1.57. The molecule has 0 radical (unpaired) electrons. The number of rotatable bonds is 2. The minimum Gasteiger partial charge on any atom is -0.342 e. The quantitative estimate of drug-likeness (QED) is 0.783. The second kappa shape index (κ2) is 4.36. The van der Waals surface area contributed by atoms with E-state index < -0.39 is 0 Å². The summed E-state index contributed by atoms with van der Waals surface area (Å²) < 4.78 is 0. The summed E-state index contributed by atoms with van der Waals surface area (Å²) in [4.78, 5) is 14.0. The van der Waals surface area contributed by atoms with E-state index >= 15 is 0 Å². The first kappa shape index (κ1) is 13.5. The maximum Gasteiger partial charge on any atom is 0.224 e. The molecule has 1 heterocycles. The van der Waals surface area contributed by atoms with Gasteiger partial charge in [0.15, 0.2) is 0 Å². The van der Waals surface area contributed by atoms with Gasteiger partial charge < -0.3 is 10.6 Å². The third kappa shape index (κ3) is 3.48. The molecule has 0 saturated carbocycles. The number of nitrogens with two attached hydrogens (primary N) is 1. The summed E-state index contributed by atoms with van der Waals surface area (Å²) in [5.41, 5.74) is 6.32. The van der Waals surface area contributed by atoms with Gasteiger partial charge in [-0.1, -0.05) is 34.6 Å². The normalized spacial score (nSPS) is 22.2. The van der Waals surface area contributed by atoms with Gasteiger partial charge in [0.2, 0.25) is 5.91 Å². The summed E-state index contributed by atoms with van der Waals surface area (Å²) in [7, 11) is 0. The Kier molecular flexibility index (Phi) is 3.68. The number of hydrogen-bond donors (Lipinski definition) is 1. The molecule has 1 saturated heterocycles. The summed E-state index contributed by atoms with van der Waals surface area (Å²) in [5.74, 6) is 0.216. The van der Waals surface area contributed by atoms with Gasteiger partial charge in [0.25, 0.3) is 0 Å². The Balaban J connectivity index is 2.49. The molecule has 0 spiro atoms. The lowest BCUT2D eigenvalue weighted by Gasteiger charge is -2.28. The Morgan fingerprint density at radius 2 is 2.00 bits per heavy atom. The standard InChI is InChI=1S/C13H26N2O/c1-12(2,3)10(14)8-11(16)15-7-6-13(4,5)9-15/h10H,6-9,14H2,1-5H3. The highest BCUT2D eigenvalue weighted by Crippen LogP contribution is 2.30. The minimum absolute atomic E-state index is 0.00486. The van der Waals surface area contributed by atoms with Crippen molar-refractivity contribution in [1.29, 1.82) is 0 Å². The van der Waals surface area contributed by atoms with Crippen molar-refractivity contribution in [2.24, 2.45) is 16.6 Å². The number of nitrogens with zero attached hydrogens (tertiary/aromatic N) is 1. The average molecular weight is 226 g/mol. The maximum atomic E-state index is 12.0. The van der Waals surface area contributed by atoms with Crippen molar-refractivity contribution in [2.45, 2.75) is 53.5 Å². The minimum atomic E-state index is -0.0521. The molecule has 1 fully saturated rings. The van der Waals surface area contributed by atoms with Crippen LogP contribution >= 0.6 is 0 Å². The first-order chi connectivity index (χ1) is 7.12. The van der Waals surface area contributed by atoms with Gasteiger partial charge in [0, 0.05) is 25.6 Å². The van der Waals surface area contributed by atoms with Crippen molar-refractivity contribution in [3.63, 3.8) is 0 Å². The summed E-state index contributed by atoms with van der Waals surface area (Å²) in [5, 5.41) is 0. The topological polar surface area (TPSA) is 46.3 Å². The smallest absolute Gasteiger partial charge is 0.224 e. The molecule has 0 aromatic heterocycles. The SMILES string of the molecule is CC1(C)CCN(C(=O)CC(N)C(C)(C)C)C1. The Morgan fingerprint density at radius 3 is 2.38 bits per heavy atom. The van der Waals surface area contributed by atoms with Gasteiger partial charge in [0.05, 0.1) is 0 Å². The van der Waals surface area contributed by atoms with E-state index in [0.29, 0.717) is 6.42 Å². The molecular weight excluding hydrogens is 200 g/mol. The van der Waals surface area contributed by atoms with E-state index in [1.165, 1.54) is 0 Å². The highest BCUT2D eigenvalue weighted by molar-refractivity contribution is 5.77.